The van der Waals surface area contributed by atoms with Crippen LogP contribution in [0.3, 0.4) is 0 Å². The molecule has 0 aliphatic rings. The maximum atomic E-state index is 11.4. The van der Waals surface area contributed by atoms with Crippen LogP contribution >= 0.6 is 0 Å². The van der Waals surface area contributed by atoms with Gasteiger partial charge in [0.15, 0.2) is 0 Å². The molecular formula is C15H18N2O. The van der Waals surface area contributed by atoms with Crippen molar-refractivity contribution >= 4 is 22.4 Å². The number of hydrogen-bond acceptors (Lipinski definition) is 2. The monoisotopic (exact) mass is 242 g/mol. The van der Waals surface area contributed by atoms with Gasteiger partial charge < -0.3 is 11.1 Å². The predicted octanol–water partition coefficient (Wildman–Crippen LogP) is 2.76. The normalized spacial score (nSPS) is 12.6. The van der Waals surface area contributed by atoms with Crippen LogP contribution in [0.15, 0.2) is 42.5 Å². The molecule has 0 aliphatic heterocycles. The van der Waals surface area contributed by atoms with E-state index in [1.54, 1.807) is 0 Å². The van der Waals surface area contributed by atoms with E-state index in [9.17, 15) is 4.79 Å². The Morgan fingerprint density at radius 2 is 1.78 bits per heavy atom. The molecule has 3 N–H and O–H groups in total. The summed E-state index contributed by atoms with van der Waals surface area (Å²) in [5, 5.41) is 5.53. The Hall–Kier alpha value is -2.03. The van der Waals surface area contributed by atoms with Gasteiger partial charge in [0.05, 0.1) is 0 Å². The van der Waals surface area contributed by atoms with Crippen LogP contribution in [0.25, 0.3) is 10.8 Å². The van der Waals surface area contributed by atoms with E-state index >= 15 is 0 Å². The molecule has 1 amide bonds. The summed E-state index contributed by atoms with van der Waals surface area (Å²) in [7, 11) is 0. The molecule has 3 heteroatoms. The van der Waals surface area contributed by atoms with Gasteiger partial charge in [-0.25, -0.2) is 0 Å². The minimum atomic E-state index is -0.342. The molecule has 0 aliphatic carbocycles. The van der Waals surface area contributed by atoms with Gasteiger partial charge in [-0.1, -0.05) is 44.2 Å². The molecule has 0 saturated carbocycles. The molecule has 0 heterocycles. The van der Waals surface area contributed by atoms with E-state index in [-0.39, 0.29) is 17.9 Å². The van der Waals surface area contributed by atoms with Gasteiger partial charge >= 0.3 is 0 Å². The first kappa shape index (κ1) is 12.4. The number of amides is 1. The first-order valence-electron chi connectivity index (χ1n) is 6.12. The minimum absolute atomic E-state index is 0.161. The first-order valence-corrected chi connectivity index (χ1v) is 6.12. The maximum absolute atomic E-state index is 11.4. The van der Waals surface area contributed by atoms with E-state index in [0.717, 1.165) is 11.1 Å². The molecule has 1 unspecified atom stereocenters. The van der Waals surface area contributed by atoms with Gasteiger partial charge in [0.2, 0.25) is 5.91 Å². The molecule has 0 radical (unpaired) electrons. The second kappa shape index (κ2) is 5.08. The maximum Gasteiger partial charge on any atom is 0.240 e. The lowest BCUT2D eigenvalue weighted by Gasteiger charge is -2.20. The lowest BCUT2D eigenvalue weighted by atomic mass is 10.0. The summed E-state index contributed by atoms with van der Waals surface area (Å²) in [5.41, 5.74) is 6.32. The summed E-state index contributed by atoms with van der Waals surface area (Å²) in [6.07, 6.45) is 0. The Bertz CT molecular complexity index is 563. The number of carbonyl (C=O) groups excluding carboxylic acids is 1. The largest absolute Gasteiger partial charge is 0.373 e. The highest BCUT2D eigenvalue weighted by Crippen LogP contribution is 2.20. The van der Waals surface area contributed by atoms with Gasteiger partial charge in [-0.05, 0) is 28.8 Å². The molecule has 1 atom stereocenters. The van der Waals surface area contributed by atoms with Crippen LogP contribution in [0, 0.1) is 5.92 Å². The smallest absolute Gasteiger partial charge is 0.240 e. The summed E-state index contributed by atoms with van der Waals surface area (Å²) in [5.74, 6) is -0.160. The van der Waals surface area contributed by atoms with Crippen molar-refractivity contribution in [3.05, 3.63) is 42.5 Å². The molecule has 3 nitrogen and oxygen atoms in total. The van der Waals surface area contributed by atoms with Crippen molar-refractivity contribution in [3.8, 4) is 0 Å². The topological polar surface area (TPSA) is 55.1 Å². The third-order valence-electron chi connectivity index (χ3n) is 3.04. The molecular weight excluding hydrogens is 224 g/mol. The van der Waals surface area contributed by atoms with Crippen LogP contribution in [0.1, 0.15) is 13.8 Å². The fourth-order valence-electron chi connectivity index (χ4n) is 2.02. The molecule has 0 spiro atoms. The van der Waals surface area contributed by atoms with Crippen LogP contribution in [0.4, 0.5) is 5.69 Å². The number of nitrogens with one attached hydrogen (secondary N) is 1. The second-order valence-electron chi connectivity index (χ2n) is 4.83. The Labute approximate surface area is 107 Å². The van der Waals surface area contributed by atoms with Crippen LogP contribution in [0.2, 0.25) is 0 Å². The zero-order valence-corrected chi connectivity index (χ0v) is 10.7. The standard InChI is InChI=1S/C15H18N2O/c1-10(2)14(15(16)18)17-13-8-7-11-5-3-4-6-12(11)9-13/h3-10,14,17H,1-2H3,(H2,16,18). The molecule has 0 fully saturated rings. The van der Waals surface area contributed by atoms with Crippen molar-refractivity contribution < 1.29 is 4.79 Å². The van der Waals surface area contributed by atoms with E-state index in [4.69, 9.17) is 5.73 Å². The van der Waals surface area contributed by atoms with Crippen molar-refractivity contribution in [1.82, 2.24) is 0 Å². The van der Waals surface area contributed by atoms with Crippen molar-refractivity contribution in [3.63, 3.8) is 0 Å². The molecule has 18 heavy (non-hydrogen) atoms. The molecule has 0 aromatic heterocycles. The summed E-state index contributed by atoms with van der Waals surface area (Å²) in [4.78, 5) is 11.4. The average molecular weight is 242 g/mol. The third-order valence-corrected chi connectivity index (χ3v) is 3.04. The number of primary amides is 1. The van der Waals surface area contributed by atoms with Crippen molar-refractivity contribution in [2.75, 3.05) is 5.32 Å². The van der Waals surface area contributed by atoms with Crippen molar-refractivity contribution in [1.29, 1.82) is 0 Å². The van der Waals surface area contributed by atoms with E-state index in [1.165, 1.54) is 5.39 Å². The van der Waals surface area contributed by atoms with E-state index in [1.807, 2.05) is 44.2 Å². The van der Waals surface area contributed by atoms with Crippen molar-refractivity contribution in [2.45, 2.75) is 19.9 Å². The Morgan fingerprint density at radius 1 is 1.11 bits per heavy atom. The summed E-state index contributed by atoms with van der Waals surface area (Å²) in [6, 6.07) is 13.8. The molecule has 2 aromatic carbocycles. The van der Waals surface area contributed by atoms with Crippen LogP contribution in [-0.2, 0) is 4.79 Å². The van der Waals surface area contributed by atoms with E-state index < -0.39 is 0 Å². The summed E-state index contributed by atoms with van der Waals surface area (Å²) in [6.45, 7) is 3.95. The SMILES string of the molecule is CC(C)C(Nc1ccc2ccccc2c1)C(N)=O. The highest BCUT2D eigenvalue weighted by Gasteiger charge is 2.18. The van der Waals surface area contributed by atoms with Crippen LogP contribution in [-0.4, -0.2) is 11.9 Å². The minimum Gasteiger partial charge on any atom is -0.373 e. The predicted molar refractivity (Wildman–Crippen MR) is 75.4 cm³/mol. The number of carbonyl (C=O) groups is 1. The number of nitrogens with two attached hydrogens (primary N) is 1. The lowest BCUT2D eigenvalue weighted by Crippen LogP contribution is -2.39. The van der Waals surface area contributed by atoms with E-state index in [0.29, 0.717) is 0 Å². The summed E-state index contributed by atoms with van der Waals surface area (Å²) < 4.78 is 0. The second-order valence-corrected chi connectivity index (χ2v) is 4.83. The summed E-state index contributed by atoms with van der Waals surface area (Å²) >= 11 is 0. The highest BCUT2D eigenvalue weighted by atomic mass is 16.1. The molecule has 2 rings (SSSR count). The van der Waals surface area contributed by atoms with Gasteiger partial charge in [0, 0.05) is 5.69 Å². The van der Waals surface area contributed by atoms with Gasteiger partial charge in [-0.2, -0.15) is 0 Å². The van der Waals surface area contributed by atoms with E-state index in [2.05, 4.69) is 17.4 Å². The molecule has 0 saturated heterocycles. The lowest BCUT2D eigenvalue weighted by molar-refractivity contribution is -0.119. The molecule has 2 aromatic rings. The number of hydrogen-bond donors (Lipinski definition) is 2. The van der Waals surface area contributed by atoms with Crippen LogP contribution < -0.4 is 11.1 Å². The average Bonchev–Trinajstić information content (AvgIpc) is 2.35. The van der Waals surface area contributed by atoms with Gasteiger partial charge in [0.1, 0.15) is 6.04 Å². The first-order chi connectivity index (χ1) is 8.58. The van der Waals surface area contributed by atoms with Gasteiger partial charge in [0.25, 0.3) is 0 Å². The zero-order chi connectivity index (χ0) is 13.1. The zero-order valence-electron chi connectivity index (χ0n) is 10.7. The van der Waals surface area contributed by atoms with Crippen molar-refractivity contribution in [2.24, 2.45) is 11.7 Å². The highest BCUT2D eigenvalue weighted by molar-refractivity contribution is 5.88. The number of fused-ring (bicyclic) bond motifs is 1. The Kier molecular flexibility index (Phi) is 3.51. The quantitative estimate of drug-likeness (QED) is 0.866. The fraction of sp³-hybridized carbons (Fsp3) is 0.267. The number of benzene rings is 2. The number of rotatable bonds is 4. The Morgan fingerprint density at radius 3 is 2.39 bits per heavy atom. The van der Waals surface area contributed by atoms with Gasteiger partial charge in [-0.3, -0.25) is 4.79 Å². The molecule has 0 bridgehead atoms. The number of anilines is 1. The van der Waals surface area contributed by atoms with Gasteiger partial charge in [-0.15, -0.1) is 0 Å². The van der Waals surface area contributed by atoms with Crippen LogP contribution in [0.5, 0.6) is 0 Å². The fourth-order valence-corrected chi connectivity index (χ4v) is 2.02. The molecule has 94 valence electrons. The Balaban J connectivity index is 2.28. The third kappa shape index (κ3) is 2.62.